The minimum absolute atomic E-state index is 0.135. The van der Waals surface area contributed by atoms with E-state index in [1.807, 2.05) is 18.7 Å². The maximum atomic E-state index is 12.4. The summed E-state index contributed by atoms with van der Waals surface area (Å²) in [7, 11) is 0. The molecule has 0 aromatic rings. The van der Waals surface area contributed by atoms with E-state index < -0.39 is 12.0 Å². The minimum atomic E-state index is -0.950. The highest BCUT2D eigenvalue weighted by atomic mass is 16.4. The van der Waals surface area contributed by atoms with E-state index in [1.165, 1.54) is 12.8 Å². The number of hydrogen-bond donors (Lipinski definition) is 2. The molecule has 0 saturated carbocycles. The Balaban J connectivity index is 1.96. The van der Waals surface area contributed by atoms with Crippen molar-refractivity contribution in [1.29, 1.82) is 0 Å². The van der Waals surface area contributed by atoms with E-state index in [9.17, 15) is 9.59 Å². The summed E-state index contributed by atoms with van der Waals surface area (Å²) in [4.78, 5) is 27.9. The maximum Gasteiger partial charge on any atom is 0.326 e. The highest BCUT2D eigenvalue weighted by Gasteiger charge is 2.36. The summed E-state index contributed by atoms with van der Waals surface area (Å²) in [5, 5.41) is 11.8. The molecule has 2 fully saturated rings. The van der Waals surface area contributed by atoms with Crippen molar-refractivity contribution < 1.29 is 14.7 Å². The van der Waals surface area contributed by atoms with Crippen molar-refractivity contribution in [3.63, 3.8) is 0 Å². The van der Waals surface area contributed by atoms with Gasteiger partial charge in [0.25, 0.3) is 0 Å². The molecule has 21 heavy (non-hydrogen) atoms. The first-order valence-electron chi connectivity index (χ1n) is 8.07. The molecule has 2 unspecified atom stereocenters. The van der Waals surface area contributed by atoms with E-state index in [0.717, 1.165) is 25.9 Å². The van der Waals surface area contributed by atoms with Crippen LogP contribution in [0.15, 0.2) is 0 Å². The number of rotatable bonds is 4. The van der Waals surface area contributed by atoms with Gasteiger partial charge in [-0.25, -0.2) is 9.59 Å². The first-order chi connectivity index (χ1) is 10.0. The van der Waals surface area contributed by atoms with E-state index in [1.54, 1.807) is 0 Å². The molecule has 6 heteroatoms. The summed E-state index contributed by atoms with van der Waals surface area (Å²) in [5.41, 5.74) is 0. The third-order valence-electron chi connectivity index (χ3n) is 4.62. The van der Waals surface area contributed by atoms with E-state index in [2.05, 4.69) is 10.2 Å². The number of carboxylic acids is 1. The van der Waals surface area contributed by atoms with Gasteiger partial charge in [0.05, 0.1) is 0 Å². The second-order valence-corrected chi connectivity index (χ2v) is 6.27. The number of piperazine rings is 1. The van der Waals surface area contributed by atoms with Crippen LogP contribution in [0.25, 0.3) is 0 Å². The molecule has 2 heterocycles. The lowest BCUT2D eigenvalue weighted by atomic mass is 9.97. The van der Waals surface area contributed by atoms with Gasteiger partial charge in [-0.1, -0.05) is 19.8 Å². The topological polar surface area (TPSA) is 72.9 Å². The maximum absolute atomic E-state index is 12.4. The van der Waals surface area contributed by atoms with Crippen molar-refractivity contribution in [2.75, 3.05) is 19.6 Å². The number of carboxylic acid groups (broad SMARTS) is 1. The number of nitrogens with one attached hydrogen (secondary N) is 1. The van der Waals surface area contributed by atoms with Gasteiger partial charge >= 0.3 is 12.0 Å². The highest BCUT2D eigenvalue weighted by Crippen LogP contribution is 2.24. The number of nitrogens with zero attached hydrogens (tertiary/aromatic N) is 2. The molecule has 0 spiro atoms. The molecule has 2 aliphatic rings. The van der Waals surface area contributed by atoms with Crippen LogP contribution in [0.2, 0.25) is 0 Å². The summed E-state index contributed by atoms with van der Waals surface area (Å²) in [6.07, 6.45) is 4.81. The van der Waals surface area contributed by atoms with Crippen LogP contribution in [0.1, 0.15) is 46.0 Å². The molecular weight excluding hydrogens is 270 g/mol. The summed E-state index contributed by atoms with van der Waals surface area (Å²) < 4.78 is 0. The molecule has 6 nitrogen and oxygen atoms in total. The average Bonchev–Trinajstić information content (AvgIpc) is 2.45. The average molecular weight is 297 g/mol. The highest BCUT2D eigenvalue weighted by molar-refractivity contribution is 5.82. The summed E-state index contributed by atoms with van der Waals surface area (Å²) in [6, 6.07) is -0.432. The van der Waals surface area contributed by atoms with E-state index in [0.29, 0.717) is 19.0 Å². The zero-order chi connectivity index (χ0) is 15.4. The van der Waals surface area contributed by atoms with Crippen molar-refractivity contribution in [1.82, 2.24) is 15.1 Å². The van der Waals surface area contributed by atoms with Crippen molar-refractivity contribution in [2.24, 2.45) is 0 Å². The minimum Gasteiger partial charge on any atom is -0.480 e. The fourth-order valence-corrected chi connectivity index (χ4v) is 3.41. The molecular formula is C15H27N3O3. The predicted octanol–water partition coefficient (Wildman–Crippen LogP) is 1.51. The lowest BCUT2D eigenvalue weighted by Gasteiger charge is -2.47. The van der Waals surface area contributed by atoms with Gasteiger partial charge in [0.2, 0.25) is 0 Å². The third kappa shape index (κ3) is 3.87. The van der Waals surface area contributed by atoms with Crippen molar-refractivity contribution in [3.8, 4) is 0 Å². The Kier molecular flexibility index (Phi) is 5.45. The van der Waals surface area contributed by atoms with Crippen molar-refractivity contribution in [3.05, 3.63) is 0 Å². The summed E-state index contributed by atoms with van der Waals surface area (Å²) in [5.74, 6) is -0.950. The van der Waals surface area contributed by atoms with Crippen LogP contribution >= 0.6 is 0 Å². The largest absolute Gasteiger partial charge is 0.480 e. The molecule has 2 N–H and O–H groups in total. The first-order valence-corrected chi connectivity index (χ1v) is 8.07. The van der Waals surface area contributed by atoms with E-state index >= 15 is 0 Å². The molecule has 0 aromatic carbocycles. The Morgan fingerprint density at radius 2 is 2.10 bits per heavy atom. The van der Waals surface area contributed by atoms with Crippen LogP contribution in [0.4, 0.5) is 4.79 Å². The van der Waals surface area contributed by atoms with Crippen molar-refractivity contribution in [2.45, 2.75) is 64.1 Å². The van der Waals surface area contributed by atoms with Crippen LogP contribution in [0.5, 0.6) is 0 Å². The van der Waals surface area contributed by atoms with Crippen LogP contribution in [0.3, 0.4) is 0 Å². The van der Waals surface area contributed by atoms with Gasteiger partial charge in [0.1, 0.15) is 6.04 Å². The quantitative estimate of drug-likeness (QED) is 0.825. The lowest BCUT2D eigenvalue weighted by molar-refractivity contribution is -0.139. The Labute approximate surface area is 126 Å². The second-order valence-electron chi connectivity index (χ2n) is 6.27. The zero-order valence-electron chi connectivity index (χ0n) is 13.0. The van der Waals surface area contributed by atoms with Crippen LogP contribution in [0, 0.1) is 0 Å². The molecule has 2 rings (SSSR count). The van der Waals surface area contributed by atoms with Gasteiger partial charge in [-0.3, -0.25) is 4.90 Å². The summed E-state index contributed by atoms with van der Waals surface area (Å²) in [6.45, 7) is 6.69. The Morgan fingerprint density at radius 1 is 1.33 bits per heavy atom. The summed E-state index contributed by atoms with van der Waals surface area (Å²) >= 11 is 0. The Hall–Kier alpha value is -1.30. The van der Waals surface area contributed by atoms with Gasteiger partial charge in [-0.15, -0.1) is 0 Å². The molecule has 0 aliphatic carbocycles. The number of urea groups is 1. The van der Waals surface area contributed by atoms with Gasteiger partial charge < -0.3 is 15.3 Å². The Morgan fingerprint density at radius 3 is 2.76 bits per heavy atom. The molecule has 120 valence electrons. The van der Waals surface area contributed by atoms with Gasteiger partial charge in [-0.05, 0) is 32.7 Å². The number of aliphatic carboxylic acids is 1. The predicted molar refractivity (Wildman–Crippen MR) is 80.2 cm³/mol. The second kappa shape index (κ2) is 7.11. The molecule has 3 atom stereocenters. The smallest absolute Gasteiger partial charge is 0.326 e. The van der Waals surface area contributed by atoms with Crippen LogP contribution < -0.4 is 5.32 Å². The van der Waals surface area contributed by atoms with Crippen LogP contribution in [-0.2, 0) is 4.79 Å². The standard InChI is InChI=1S/C15H27N3O3/c1-3-6-13(14(19)20)16-15(21)18-10-12-7-4-5-8-17(12)9-11(18)2/h11-13H,3-10H2,1-2H3,(H,16,21)(H,19,20)/t11?,12?,13-/m0/s1. The monoisotopic (exact) mass is 297 g/mol. The fourth-order valence-electron chi connectivity index (χ4n) is 3.41. The fraction of sp³-hybridized carbons (Fsp3) is 0.867. The van der Waals surface area contributed by atoms with E-state index in [4.69, 9.17) is 5.11 Å². The molecule has 2 aliphatic heterocycles. The van der Waals surface area contributed by atoms with Gasteiger partial charge in [0.15, 0.2) is 0 Å². The normalized spacial score (nSPS) is 27.8. The zero-order valence-corrected chi connectivity index (χ0v) is 13.0. The number of carbonyl (C=O) groups is 2. The lowest BCUT2D eigenvalue weighted by Crippen LogP contribution is -2.62. The van der Waals surface area contributed by atoms with Gasteiger partial charge in [-0.2, -0.15) is 0 Å². The number of carbonyl (C=O) groups excluding carboxylic acids is 1. The molecule has 2 saturated heterocycles. The third-order valence-corrected chi connectivity index (χ3v) is 4.62. The SMILES string of the molecule is CCC[C@H](NC(=O)N1CC2CCCCN2CC1C)C(=O)O. The molecule has 0 radical (unpaired) electrons. The molecule has 0 bridgehead atoms. The van der Waals surface area contributed by atoms with Gasteiger partial charge in [0, 0.05) is 25.2 Å². The Bertz CT molecular complexity index is 388. The number of amides is 2. The number of hydrogen-bond acceptors (Lipinski definition) is 3. The van der Waals surface area contributed by atoms with E-state index in [-0.39, 0.29) is 12.1 Å². The molecule has 0 aromatic heterocycles. The number of fused-ring (bicyclic) bond motifs is 1. The number of piperidine rings is 1. The van der Waals surface area contributed by atoms with Crippen LogP contribution in [-0.4, -0.2) is 64.7 Å². The first kappa shape index (κ1) is 16.1. The molecule has 2 amide bonds. The van der Waals surface area contributed by atoms with Crippen molar-refractivity contribution >= 4 is 12.0 Å².